The van der Waals surface area contributed by atoms with Gasteiger partial charge in [-0.05, 0) is 56.0 Å². The van der Waals surface area contributed by atoms with Crippen LogP contribution in [-0.4, -0.2) is 34.7 Å². The highest BCUT2D eigenvalue weighted by molar-refractivity contribution is 8.93. The maximum atomic E-state index is 9.59. The zero-order valence-corrected chi connectivity index (χ0v) is 13.2. The third kappa shape index (κ3) is 4.69. The van der Waals surface area contributed by atoms with Crippen molar-refractivity contribution in [2.45, 2.75) is 38.5 Å². The van der Waals surface area contributed by atoms with Crippen molar-refractivity contribution in [2.75, 3.05) is 19.6 Å². The molecule has 3 nitrogen and oxygen atoms in total. The third-order valence-corrected chi connectivity index (χ3v) is 3.69. The van der Waals surface area contributed by atoms with Crippen molar-refractivity contribution in [3.63, 3.8) is 0 Å². The molecule has 1 saturated heterocycles. The maximum absolute atomic E-state index is 9.59. The Morgan fingerprint density at radius 1 is 1.16 bits per heavy atom. The van der Waals surface area contributed by atoms with Crippen molar-refractivity contribution in [3.05, 3.63) is 23.8 Å². The highest BCUT2D eigenvalue weighted by Gasteiger charge is 2.20. The largest absolute Gasteiger partial charge is 0.508 e. The number of hydrogen-bond donors (Lipinski definition) is 2. The number of phenolic OH excluding ortho intramolecular Hbond substituents is 2. The van der Waals surface area contributed by atoms with Gasteiger partial charge in [-0.1, -0.05) is 13.3 Å². The minimum absolute atomic E-state index is 0. The van der Waals surface area contributed by atoms with Gasteiger partial charge in [-0.25, -0.2) is 0 Å². The summed E-state index contributed by atoms with van der Waals surface area (Å²) >= 11 is 0. The molecule has 1 aliphatic heterocycles. The van der Waals surface area contributed by atoms with E-state index in [1.54, 1.807) is 12.1 Å². The molecule has 1 unspecified atom stereocenters. The standard InChI is InChI=1S/C15H23NO2.BrH/c1-2-6-16-7-4-3-5-12(11-16)13-8-14(17)10-15(18)9-13;/h8-10,12,17-18H,2-7,11H2,1H3;1H. The molecule has 0 saturated carbocycles. The number of aromatic hydroxyl groups is 2. The highest BCUT2D eigenvalue weighted by Crippen LogP contribution is 2.31. The molecular formula is C15H24BrNO2. The summed E-state index contributed by atoms with van der Waals surface area (Å²) < 4.78 is 0. The number of nitrogens with zero attached hydrogens (tertiary/aromatic N) is 1. The molecule has 0 bridgehead atoms. The molecule has 2 rings (SSSR count). The highest BCUT2D eigenvalue weighted by atomic mass is 79.9. The van der Waals surface area contributed by atoms with E-state index >= 15 is 0 Å². The maximum Gasteiger partial charge on any atom is 0.119 e. The van der Waals surface area contributed by atoms with Crippen LogP contribution in [0.2, 0.25) is 0 Å². The molecule has 0 aliphatic carbocycles. The lowest BCUT2D eigenvalue weighted by atomic mass is 9.94. The molecule has 1 aromatic rings. The van der Waals surface area contributed by atoms with Crippen LogP contribution in [0, 0.1) is 0 Å². The van der Waals surface area contributed by atoms with E-state index in [9.17, 15) is 10.2 Å². The summed E-state index contributed by atoms with van der Waals surface area (Å²) in [6.07, 6.45) is 4.80. The van der Waals surface area contributed by atoms with Gasteiger partial charge in [0.25, 0.3) is 0 Å². The number of benzene rings is 1. The van der Waals surface area contributed by atoms with Crippen LogP contribution in [0.15, 0.2) is 18.2 Å². The normalized spacial score (nSPS) is 20.6. The molecule has 1 heterocycles. The van der Waals surface area contributed by atoms with Crippen LogP contribution < -0.4 is 0 Å². The summed E-state index contributed by atoms with van der Waals surface area (Å²) in [4.78, 5) is 2.50. The Balaban J connectivity index is 0.00000180. The van der Waals surface area contributed by atoms with Gasteiger partial charge >= 0.3 is 0 Å². The third-order valence-electron chi connectivity index (χ3n) is 3.69. The Morgan fingerprint density at radius 3 is 2.47 bits per heavy atom. The molecule has 0 spiro atoms. The average Bonchev–Trinajstić information content (AvgIpc) is 2.54. The van der Waals surface area contributed by atoms with Gasteiger partial charge in [0.1, 0.15) is 11.5 Å². The van der Waals surface area contributed by atoms with Gasteiger partial charge in [-0.3, -0.25) is 0 Å². The fourth-order valence-corrected chi connectivity index (χ4v) is 2.87. The van der Waals surface area contributed by atoms with Crippen molar-refractivity contribution in [1.82, 2.24) is 4.90 Å². The van der Waals surface area contributed by atoms with E-state index in [0.717, 1.165) is 25.1 Å². The Morgan fingerprint density at radius 2 is 1.84 bits per heavy atom. The molecule has 0 amide bonds. The number of rotatable bonds is 3. The van der Waals surface area contributed by atoms with Gasteiger partial charge in [0.2, 0.25) is 0 Å². The summed E-state index contributed by atoms with van der Waals surface area (Å²) in [6, 6.07) is 4.98. The Labute approximate surface area is 126 Å². The molecule has 1 aliphatic rings. The van der Waals surface area contributed by atoms with Gasteiger partial charge in [0, 0.05) is 12.6 Å². The van der Waals surface area contributed by atoms with Crippen LogP contribution in [-0.2, 0) is 0 Å². The lowest BCUT2D eigenvalue weighted by Gasteiger charge is -2.24. The number of likely N-dealkylation sites (tertiary alicyclic amines) is 1. The predicted octanol–water partition coefficient (Wildman–Crippen LogP) is 3.66. The fourth-order valence-electron chi connectivity index (χ4n) is 2.87. The Bertz CT molecular complexity index is 377. The van der Waals surface area contributed by atoms with Gasteiger partial charge in [0.15, 0.2) is 0 Å². The molecule has 4 heteroatoms. The van der Waals surface area contributed by atoms with Gasteiger partial charge in [-0.2, -0.15) is 0 Å². The van der Waals surface area contributed by atoms with Gasteiger partial charge in [0.05, 0.1) is 0 Å². The van der Waals surface area contributed by atoms with E-state index < -0.39 is 0 Å². The first-order valence-corrected chi connectivity index (χ1v) is 6.94. The smallest absolute Gasteiger partial charge is 0.119 e. The van der Waals surface area contributed by atoms with Crippen molar-refractivity contribution in [2.24, 2.45) is 0 Å². The zero-order chi connectivity index (χ0) is 13.0. The van der Waals surface area contributed by atoms with E-state index in [0.29, 0.717) is 5.92 Å². The Hall–Kier alpha value is -0.740. The lowest BCUT2D eigenvalue weighted by Crippen LogP contribution is -2.28. The Kier molecular flexibility index (Phi) is 6.66. The van der Waals surface area contributed by atoms with Crippen molar-refractivity contribution in [3.8, 4) is 11.5 Å². The first-order valence-electron chi connectivity index (χ1n) is 6.94. The summed E-state index contributed by atoms with van der Waals surface area (Å²) in [5.74, 6) is 0.754. The first kappa shape index (κ1) is 16.3. The first-order chi connectivity index (χ1) is 8.69. The van der Waals surface area contributed by atoms with Crippen LogP contribution in [0.3, 0.4) is 0 Å². The second-order valence-electron chi connectivity index (χ2n) is 5.28. The minimum Gasteiger partial charge on any atom is -0.508 e. The quantitative estimate of drug-likeness (QED) is 0.889. The van der Waals surface area contributed by atoms with Crippen LogP contribution in [0.4, 0.5) is 0 Å². The monoisotopic (exact) mass is 329 g/mol. The molecule has 2 N–H and O–H groups in total. The summed E-state index contributed by atoms with van der Waals surface area (Å²) in [5.41, 5.74) is 1.07. The summed E-state index contributed by atoms with van der Waals surface area (Å²) in [6.45, 7) is 5.56. The second-order valence-corrected chi connectivity index (χ2v) is 5.28. The van der Waals surface area contributed by atoms with Crippen LogP contribution in [0.5, 0.6) is 11.5 Å². The summed E-state index contributed by atoms with van der Waals surface area (Å²) in [5, 5.41) is 19.2. The predicted molar refractivity (Wildman–Crippen MR) is 83.4 cm³/mol. The second kappa shape index (κ2) is 7.75. The SMILES string of the molecule is Br.CCCN1CCCCC(c2cc(O)cc(O)c2)C1. The fraction of sp³-hybridized carbons (Fsp3) is 0.600. The molecule has 0 aromatic heterocycles. The number of hydrogen-bond acceptors (Lipinski definition) is 3. The van der Waals surface area contributed by atoms with Crippen molar-refractivity contribution < 1.29 is 10.2 Å². The minimum atomic E-state index is 0. The van der Waals surface area contributed by atoms with Gasteiger partial charge in [-0.15, -0.1) is 17.0 Å². The average molecular weight is 330 g/mol. The van der Waals surface area contributed by atoms with Crippen molar-refractivity contribution in [1.29, 1.82) is 0 Å². The van der Waals surface area contributed by atoms with Crippen molar-refractivity contribution >= 4 is 17.0 Å². The van der Waals surface area contributed by atoms with E-state index in [-0.39, 0.29) is 28.5 Å². The molecular weight excluding hydrogens is 306 g/mol. The number of phenols is 2. The molecule has 19 heavy (non-hydrogen) atoms. The van der Waals surface area contributed by atoms with E-state index in [4.69, 9.17) is 0 Å². The van der Waals surface area contributed by atoms with Crippen LogP contribution >= 0.6 is 17.0 Å². The van der Waals surface area contributed by atoms with E-state index in [1.807, 2.05) is 0 Å². The van der Waals surface area contributed by atoms with E-state index in [1.165, 1.54) is 31.9 Å². The van der Waals surface area contributed by atoms with Gasteiger partial charge < -0.3 is 15.1 Å². The molecule has 1 fully saturated rings. The zero-order valence-electron chi connectivity index (χ0n) is 11.5. The molecule has 108 valence electrons. The topological polar surface area (TPSA) is 43.7 Å². The van der Waals surface area contributed by atoms with Crippen LogP contribution in [0.25, 0.3) is 0 Å². The van der Waals surface area contributed by atoms with Crippen LogP contribution in [0.1, 0.15) is 44.1 Å². The lowest BCUT2D eigenvalue weighted by molar-refractivity contribution is 0.273. The number of halogens is 1. The molecule has 1 aromatic carbocycles. The molecule has 1 atom stereocenters. The molecule has 0 radical (unpaired) electrons. The summed E-state index contributed by atoms with van der Waals surface area (Å²) in [7, 11) is 0. The van der Waals surface area contributed by atoms with E-state index in [2.05, 4.69) is 11.8 Å².